The van der Waals surface area contributed by atoms with Gasteiger partial charge in [0.15, 0.2) is 0 Å². The van der Waals surface area contributed by atoms with Crippen LogP contribution in [0.4, 0.5) is 13.6 Å². The van der Waals surface area contributed by atoms with Crippen molar-refractivity contribution in [2.45, 2.75) is 12.8 Å². The second-order valence-electron chi connectivity index (χ2n) is 3.11. The molecule has 1 heterocycles. The van der Waals surface area contributed by atoms with E-state index in [4.69, 9.17) is 0 Å². The molecule has 0 unspecified atom stereocenters. The fraction of sp³-hybridized carbons (Fsp3) is 0.444. The molecule has 0 aliphatic rings. The number of imidazole rings is 1. The first-order valence-electron chi connectivity index (χ1n) is 4.61. The molecule has 0 saturated heterocycles. The number of ether oxygens (including phenoxy) is 2. The number of carbonyl (C=O) groups excluding carboxylic acids is 2. The van der Waals surface area contributed by atoms with E-state index in [-0.39, 0.29) is 6.61 Å². The molecule has 0 N–H and O–H groups in total. The molecular weight excluding hydrogens is 238 g/mol. The maximum Gasteiger partial charge on any atom is 0.419 e. The Kier molecular flexibility index (Phi) is 4.13. The van der Waals surface area contributed by atoms with Crippen molar-refractivity contribution in [3.8, 4) is 0 Å². The van der Waals surface area contributed by atoms with Gasteiger partial charge in [-0.1, -0.05) is 0 Å². The van der Waals surface area contributed by atoms with Crippen LogP contribution >= 0.6 is 0 Å². The minimum absolute atomic E-state index is 0.307. The van der Waals surface area contributed by atoms with Crippen molar-refractivity contribution >= 4 is 12.1 Å². The molecule has 0 aliphatic heterocycles. The molecule has 1 aromatic rings. The highest BCUT2D eigenvalue weighted by Crippen LogP contribution is 2.13. The van der Waals surface area contributed by atoms with Crippen LogP contribution in [-0.2, 0) is 14.3 Å². The number of nitrogens with zero attached hydrogens (tertiary/aromatic N) is 2. The van der Waals surface area contributed by atoms with Crippen LogP contribution in [0.5, 0.6) is 0 Å². The molecule has 0 bridgehead atoms. The fourth-order valence-corrected chi connectivity index (χ4v) is 0.832. The zero-order chi connectivity index (χ0) is 12.9. The van der Waals surface area contributed by atoms with Crippen LogP contribution in [-0.4, -0.2) is 40.7 Å². The van der Waals surface area contributed by atoms with E-state index in [2.05, 4.69) is 14.5 Å². The summed E-state index contributed by atoms with van der Waals surface area (Å²) in [4.78, 5) is 25.4. The van der Waals surface area contributed by atoms with Gasteiger partial charge in [0.25, 0.3) is 0 Å². The lowest BCUT2D eigenvalue weighted by molar-refractivity contribution is -0.170. The lowest BCUT2D eigenvalue weighted by Crippen LogP contribution is -2.28. The van der Waals surface area contributed by atoms with Gasteiger partial charge in [-0.05, 0) is 0 Å². The minimum Gasteiger partial charge on any atom is -0.458 e. The summed E-state index contributed by atoms with van der Waals surface area (Å²) in [5.74, 6) is -5.20. The SMILES string of the molecule is CC(F)(F)C(=O)OCCOC(=O)n1ccnc1. The molecular formula is C9H10F2N2O4. The predicted octanol–water partition coefficient (Wildman–Crippen LogP) is 1.07. The molecule has 17 heavy (non-hydrogen) atoms. The van der Waals surface area contributed by atoms with Crippen molar-refractivity contribution in [2.24, 2.45) is 0 Å². The van der Waals surface area contributed by atoms with Gasteiger partial charge in [0, 0.05) is 19.3 Å². The number of hydrogen-bond donors (Lipinski definition) is 0. The van der Waals surface area contributed by atoms with E-state index in [9.17, 15) is 18.4 Å². The van der Waals surface area contributed by atoms with Gasteiger partial charge in [-0.25, -0.2) is 19.1 Å². The Hall–Kier alpha value is -1.99. The van der Waals surface area contributed by atoms with Gasteiger partial charge in [-0.2, -0.15) is 8.78 Å². The van der Waals surface area contributed by atoms with Crippen LogP contribution in [0.1, 0.15) is 6.92 Å². The second kappa shape index (κ2) is 5.37. The van der Waals surface area contributed by atoms with Crippen molar-refractivity contribution in [3.05, 3.63) is 18.7 Å². The summed E-state index contributed by atoms with van der Waals surface area (Å²) < 4.78 is 34.5. The summed E-state index contributed by atoms with van der Waals surface area (Å²) in [6.45, 7) is -0.311. The molecule has 0 fully saturated rings. The largest absolute Gasteiger partial charge is 0.458 e. The van der Waals surface area contributed by atoms with Crippen LogP contribution in [0.2, 0.25) is 0 Å². The average Bonchev–Trinajstić information content (AvgIpc) is 2.75. The maximum atomic E-state index is 12.3. The third kappa shape index (κ3) is 4.17. The first-order chi connectivity index (χ1) is 7.91. The summed E-state index contributed by atoms with van der Waals surface area (Å²) in [5.41, 5.74) is 0. The van der Waals surface area contributed by atoms with E-state index in [0.717, 1.165) is 4.57 Å². The molecule has 0 aliphatic carbocycles. The van der Waals surface area contributed by atoms with E-state index in [1.165, 1.54) is 18.7 Å². The quantitative estimate of drug-likeness (QED) is 0.588. The summed E-state index contributed by atoms with van der Waals surface area (Å²) in [6.07, 6.45) is 3.21. The first kappa shape index (κ1) is 13.1. The highest BCUT2D eigenvalue weighted by atomic mass is 19.3. The van der Waals surface area contributed by atoms with Gasteiger partial charge in [0.2, 0.25) is 0 Å². The Labute approximate surface area is 95.1 Å². The lowest BCUT2D eigenvalue weighted by atomic mass is 10.4. The van der Waals surface area contributed by atoms with Crippen LogP contribution in [0, 0.1) is 0 Å². The van der Waals surface area contributed by atoms with Crippen molar-refractivity contribution < 1.29 is 27.8 Å². The maximum absolute atomic E-state index is 12.3. The van der Waals surface area contributed by atoms with Crippen molar-refractivity contribution in [2.75, 3.05) is 13.2 Å². The predicted molar refractivity (Wildman–Crippen MR) is 50.6 cm³/mol. The molecule has 8 heteroatoms. The Bertz CT molecular complexity index is 386. The standard InChI is InChI=1S/C9H10F2N2O4/c1-9(10,11)7(14)16-4-5-17-8(15)13-3-2-12-6-13/h2-3,6H,4-5H2,1H3. The molecule has 0 amide bonds. The number of carbonyl (C=O) groups is 2. The Morgan fingerprint density at radius 3 is 2.53 bits per heavy atom. The smallest absolute Gasteiger partial charge is 0.419 e. The molecule has 0 spiro atoms. The van der Waals surface area contributed by atoms with Crippen LogP contribution in [0.15, 0.2) is 18.7 Å². The topological polar surface area (TPSA) is 70.4 Å². The van der Waals surface area contributed by atoms with Gasteiger partial charge in [-0.15, -0.1) is 0 Å². The van der Waals surface area contributed by atoms with Gasteiger partial charge in [0.1, 0.15) is 19.5 Å². The average molecular weight is 248 g/mol. The summed E-state index contributed by atoms with van der Waals surface area (Å²) in [7, 11) is 0. The summed E-state index contributed by atoms with van der Waals surface area (Å²) in [6, 6.07) is 0. The number of halogens is 2. The number of rotatable bonds is 4. The van der Waals surface area contributed by atoms with Gasteiger partial charge in [-0.3, -0.25) is 0 Å². The normalized spacial score (nSPS) is 11.0. The van der Waals surface area contributed by atoms with E-state index < -0.39 is 24.6 Å². The molecule has 0 atom stereocenters. The second-order valence-corrected chi connectivity index (χ2v) is 3.11. The molecule has 6 nitrogen and oxygen atoms in total. The van der Waals surface area contributed by atoms with Crippen LogP contribution in [0.3, 0.4) is 0 Å². The van der Waals surface area contributed by atoms with E-state index in [0.29, 0.717) is 6.92 Å². The fourth-order valence-electron chi connectivity index (χ4n) is 0.832. The van der Waals surface area contributed by atoms with Crippen LogP contribution in [0.25, 0.3) is 0 Å². The van der Waals surface area contributed by atoms with Crippen molar-refractivity contribution in [1.29, 1.82) is 0 Å². The minimum atomic E-state index is -3.55. The van der Waals surface area contributed by atoms with Crippen LogP contribution < -0.4 is 0 Å². The highest BCUT2D eigenvalue weighted by Gasteiger charge is 2.34. The summed E-state index contributed by atoms with van der Waals surface area (Å²) in [5, 5.41) is 0. The van der Waals surface area contributed by atoms with E-state index >= 15 is 0 Å². The van der Waals surface area contributed by atoms with Crippen molar-refractivity contribution in [3.63, 3.8) is 0 Å². The van der Waals surface area contributed by atoms with Gasteiger partial charge >= 0.3 is 18.0 Å². The Morgan fingerprint density at radius 1 is 1.35 bits per heavy atom. The van der Waals surface area contributed by atoms with Gasteiger partial charge in [0.05, 0.1) is 0 Å². The number of alkyl halides is 2. The van der Waals surface area contributed by atoms with E-state index in [1.54, 1.807) is 0 Å². The summed E-state index contributed by atoms with van der Waals surface area (Å²) >= 11 is 0. The molecule has 94 valence electrons. The lowest BCUT2D eigenvalue weighted by Gasteiger charge is -2.10. The number of esters is 1. The number of aromatic nitrogens is 2. The Balaban J connectivity index is 2.21. The van der Waals surface area contributed by atoms with Gasteiger partial charge < -0.3 is 9.47 Å². The number of hydrogen-bond acceptors (Lipinski definition) is 5. The molecule has 0 radical (unpaired) electrons. The third-order valence-electron chi connectivity index (χ3n) is 1.62. The monoisotopic (exact) mass is 248 g/mol. The zero-order valence-electron chi connectivity index (χ0n) is 8.93. The van der Waals surface area contributed by atoms with E-state index in [1.807, 2.05) is 0 Å². The highest BCUT2D eigenvalue weighted by molar-refractivity contribution is 5.76. The molecule has 0 aromatic carbocycles. The molecule has 1 rings (SSSR count). The molecule has 1 aromatic heterocycles. The zero-order valence-corrected chi connectivity index (χ0v) is 8.93. The van der Waals surface area contributed by atoms with Crippen molar-refractivity contribution in [1.82, 2.24) is 9.55 Å². The first-order valence-corrected chi connectivity index (χ1v) is 4.61. The Morgan fingerprint density at radius 2 is 2.00 bits per heavy atom. The molecule has 0 saturated carbocycles. The third-order valence-corrected chi connectivity index (χ3v) is 1.62.